The van der Waals surface area contributed by atoms with Crippen molar-refractivity contribution in [2.45, 2.75) is 25.2 Å². The van der Waals surface area contributed by atoms with Crippen LogP contribution in [-0.4, -0.2) is 21.3 Å². The van der Waals surface area contributed by atoms with Gasteiger partial charge >= 0.3 is 6.61 Å². The van der Waals surface area contributed by atoms with Crippen molar-refractivity contribution in [3.8, 4) is 5.75 Å². The summed E-state index contributed by atoms with van der Waals surface area (Å²) in [4.78, 5) is 4.47. The van der Waals surface area contributed by atoms with E-state index in [1.165, 1.54) is 6.07 Å². The third kappa shape index (κ3) is 2.80. The molecule has 0 amide bonds. The minimum absolute atomic E-state index is 0.00407. The molecule has 0 saturated heterocycles. The molecule has 1 aliphatic heterocycles. The van der Waals surface area contributed by atoms with Gasteiger partial charge in [0.05, 0.1) is 17.1 Å². The highest BCUT2D eigenvalue weighted by molar-refractivity contribution is 9.10. The maximum Gasteiger partial charge on any atom is 0.387 e. The number of halogens is 4. The van der Waals surface area contributed by atoms with Crippen molar-refractivity contribution in [2.75, 3.05) is 0 Å². The number of fused-ring (bicyclic) bond motifs is 3. The van der Waals surface area contributed by atoms with Gasteiger partial charge in [0.1, 0.15) is 17.7 Å². The fourth-order valence-corrected chi connectivity index (χ4v) is 4.00. The highest BCUT2D eigenvalue weighted by atomic mass is 79.9. The molecule has 4 rings (SSSR count). The predicted octanol–water partition coefficient (Wildman–Crippen LogP) is 5.08. The Hall–Kier alpha value is -1.70. The van der Waals surface area contributed by atoms with Crippen molar-refractivity contribution in [1.29, 1.82) is 0 Å². The molecule has 0 saturated carbocycles. The first kappa shape index (κ1) is 16.8. The summed E-state index contributed by atoms with van der Waals surface area (Å²) < 4.78 is 32.9. The van der Waals surface area contributed by atoms with E-state index in [0.29, 0.717) is 21.9 Å². The number of hydrogen-bond donors (Lipinski definition) is 1. The van der Waals surface area contributed by atoms with Gasteiger partial charge in [-0.25, -0.2) is 4.98 Å². The summed E-state index contributed by atoms with van der Waals surface area (Å²) in [5.41, 5.74) is 1.92. The molecule has 2 aromatic carbocycles. The highest BCUT2D eigenvalue weighted by Crippen LogP contribution is 2.46. The van der Waals surface area contributed by atoms with Gasteiger partial charge in [-0.2, -0.15) is 8.78 Å². The second kappa shape index (κ2) is 6.23. The molecule has 1 N–H and O–H groups in total. The molecule has 0 fully saturated rings. The molecule has 3 aromatic rings. The second-order valence-corrected chi connectivity index (χ2v) is 7.09. The summed E-state index contributed by atoms with van der Waals surface area (Å²) in [6.07, 6.45) is -0.527. The Bertz CT molecular complexity index is 963. The van der Waals surface area contributed by atoms with Gasteiger partial charge < -0.3 is 14.4 Å². The van der Waals surface area contributed by atoms with Crippen molar-refractivity contribution in [3.63, 3.8) is 0 Å². The van der Waals surface area contributed by atoms with Gasteiger partial charge in [0.15, 0.2) is 0 Å². The maximum absolute atomic E-state index is 12.8. The smallest absolute Gasteiger partial charge is 0.387 e. The average molecular weight is 430 g/mol. The first-order chi connectivity index (χ1) is 12.0. The molecule has 0 aliphatic carbocycles. The lowest BCUT2D eigenvalue weighted by Crippen LogP contribution is -2.11. The molecule has 8 heteroatoms. The average Bonchev–Trinajstić information content (AvgIpc) is 3.05. The number of nitrogens with zero attached hydrogens (tertiary/aromatic N) is 2. The van der Waals surface area contributed by atoms with Gasteiger partial charge in [-0.1, -0.05) is 33.6 Å². The molecule has 1 aliphatic rings. The monoisotopic (exact) mass is 428 g/mol. The lowest BCUT2D eigenvalue weighted by molar-refractivity contribution is -0.0507. The number of aromatic nitrogens is 2. The largest absolute Gasteiger partial charge is 0.434 e. The fourth-order valence-electron chi connectivity index (χ4n) is 3.36. The third-order valence-electron chi connectivity index (χ3n) is 4.30. The van der Waals surface area contributed by atoms with Crippen molar-refractivity contribution < 1.29 is 18.6 Å². The van der Waals surface area contributed by atoms with E-state index in [4.69, 9.17) is 11.6 Å². The summed E-state index contributed by atoms with van der Waals surface area (Å²) in [6.45, 7) is -2.96. The van der Waals surface area contributed by atoms with Crippen LogP contribution in [0.3, 0.4) is 0 Å². The quantitative estimate of drug-likeness (QED) is 0.631. The molecule has 4 nitrogen and oxygen atoms in total. The van der Waals surface area contributed by atoms with Gasteiger partial charge in [-0.15, -0.1) is 0 Å². The number of benzene rings is 2. The number of alkyl halides is 2. The lowest BCUT2D eigenvalue weighted by Gasteiger charge is -2.20. The second-order valence-electron chi connectivity index (χ2n) is 5.77. The van der Waals surface area contributed by atoms with Gasteiger partial charge in [0.25, 0.3) is 0 Å². The minimum atomic E-state index is -2.96. The molecular weight excluding hydrogens is 418 g/mol. The van der Waals surface area contributed by atoms with Crippen LogP contribution in [0.1, 0.15) is 30.0 Å². The summed E-state index contributed by atoms with van der Waals surface area (Å²) in [5.74, 6) is 0.491. The van der Waals surface area contributed by atoms with Crippen molar-refractivity contribution >= 4 is 38.6 Å². The van der Waals surface area contributed by atoms with E-state index in [0.717, 1.165) is 9.99 Å². The predicted molar refractivity (Wildman–Crippen MR) is 93.2 cm³/mol. The number of imidazole rings is 1. The molecule has 0 radical (unpaired) electrons. The Morgan fingerprint density at radius 1 is 1.32 bits per heavy atom. The number of aliphatic hydroxyl groups is 1. The lowest BCUT2D eigenvalue weighted by atomic mass is 10.0. The van der Waals surface area contributed by atoms with Crippen LogP contribution < -0.4 is 4.74 Å². The first-order valence-electron chi connectivity index (χ1n) is 7.54. The molecule has 0 spiro atoms. The molecule has 2 heterocycles. The Morgan fingerprint density at radius 3 is 2.88 bits per heavy atom. The Morgan fingerprint density at radius 2 is 2.12 bits per heavy atom. The molecule has 0 bridgehead atoms. The zero-order chi connectivity index (χ0) is 17.7. The van der Waals surface area contributed by atoms with Crippen LogP contribution in [0.2, 0.25) is 5.02 Å². The van der Waals surface area contributed by atoms with Gasteiger partial charge in [0.2, 0.25) is 0 Å². The van der Waals surface area contributed by atoms with Crippen molar-refractivity contribution in [1.82, 2.24) is 9.55 Å². The van der Waals surface area contributed by atoms with Crippen LogP contribution in [-0.2, 0) is 0 Å². The minimum Gasteiger partial charge on any atom is -0.434 e. The topological polar surface area (TPSA) is 47.3 Å². The number of rotatable bonds is 3. The highest BCUT2D eigenvalue weighted by Gasteiger charge is 2.36. The van der Waals surface area contributed by atoms with E-state index >= 15 is 0 Å². The van der Waals surface area contributed by atoms with E-state index in [1.54, 1.807) is 12.1 Å². The summed E-state index contributed by atoms with van der Waals surface area (Å²) in [6, 6.07) is 9.73. The molecule has 2 atom stereocenters. The van der Waals surface area contributed by atoms with E-state index < -0.39 is 18.8 Å². The van der Waals surface area contributed by atoms with Crippen LogP contribution in [0.25, 0.3) is 11.0 Å². The van der Waals surface area contributed by atoms with Crippen molar-refractivity contribution in [3.05, 3.63) is 57.3 Å². The zero-order valence-corrected chi connectivity index (χ0v) is 15.0. The normalized spacial score (nSPS) is 19.6. The maximum atomic E-state index is 12.8. The zero-order valence-electron chi connectivity index (χ0n) is 12.7. The van der Waals surface area contributed by atoms with Crippen LogP contribution in [0, 0.1) is 0 Å². The molecule has 1 aromatic heterocycles. The van der Waals surface area contributed by atoms with Crippen LogP contribution in [0.5, 0.6) is 5.75 Å². The van der Waals surface area contributed by atoms with Crippen LogP contribution in [0.15, 0.2) is 40.9 Å². The molecule has 0 unspecified atom stereocenters. The Labute approximate surface area is 155 Å². The Balaban J connectivity index is 1.93. The van der Waals surface area contributed by atoms with E-state index in [2.05, 4.69) is 25.7 Å². The van der Waals surface area contributed by atoms with E-state index in [-0.39, 0.29) is 12.2 Å². The molecular formula is C17H12BrClF2N2O2. The van der Waals surface area contributed by atoms with Crippen LogP contribution >= 0.6 is 27.5 Å². The van der Waals surface area contributed by atoms with E-state index in [1.807, 2.05) is 22.8 Å². The standard InChI is InChI=1S/C17H12BrClF2N2O2/c18-8-4-5-10-11(6-8)23-12(7-13(24)16(23)22-10)15-9(19)2-1-3-14(15)25-17(20)21/h1-6,12-13,17,24H,7H2/t12-,13-/m0/s1. The van der Waals surface area contributed by atoms with Gasteiger partial charge in [0, 0.05) is 21.5 Å². The number of aliphatic hydroxyl groups excluding tert-OH is 1. The third-order valence-corrected chi connectivity index (χ3v) is 5.12. The van der Waals surface area contributed by atoms with Gasteiger partial charge in [-0.3, -0.25) is 0 Å². The summed E-state index contributed by atoms with van der Waals surface area (Å²) in [7, 11) is 0. The van der Waals surface area contributed by atoms with Crippen LogP contribution in [0.4, 0.5) is 8.78 Å². The fraction of sp³-hybridized carbons (Fsp3) is 0.235. The number of ether oxygens (including phenoxy) is 1. The van der Waals surface area contributed by atoms with Gasteiger partial charge in [-0.05, 0) is 30.3 Å². The molecule has 25 heavy (non-hydrogen) atoms. The number of hydrogen-bond acceptors (Lipinski definition) is 3. The SMILES string of the molecule is O[C@H]1C[C@@H](c2c(Cl)cccc2OC(F)F)n2c1nc1ccc(Br)cc12. The summed E-state index contributed by atoms with van der Waals surface area (Å²) in [5, 5.41) is 10.7. The van der Waals surface area contributed by atoms with E-state index in [9.17, 15) is 13.9 Å². The van der Waals surface area contributed by atoms with Crippen molar-refractivity contribution in [2.24, 2.45) is 0 Å². The first-order valence-corrected chi connectivity index (χ1v) is 8.71. The molecule has 130 valence electrons. The summed E-state index contributed by atoms with van der Waals surface area (Å²) >= 11 is 9.73. The Kier molecular flexibility index (Phi) is 4.17.